The van der Waals surface area contributed by atoms with Gasteiger partial charge in [0.2, 0.25) is 0 Å². The van der Waals surface area contributed by atoms with Gasteiger partial charge in [-0.3, -0.25) is 4.79 Å². The molecule has 1 aliphatic heterocycles. The number of aromatic hydroxyl groups is 1. The molecule has 0 aliphatic carbocycles. The summed E-state index contributed by atoms with van der Waals surface area (Å²) in [5, 5.41) is 21.4. The fourth-order valence-electron chi connectivity index (χ4n) is 3.38. The summed E-state index contributed by atoms with van der Waals surface area (Å²) in [4.78, 5) is 23.3. The van der Waals surface area contributed by atoms with Gasteiger partial charge in [0, 0.05) is 18.3 Å². The van der Waals surface area contributed by atoms with Crippen molar-refractivity contribution in [2.45, 2.75) is 13.5 Å². The summed E-state index contributed by atoms with van der Waals surface area (Å²) < 4.78 is 6.59. The summed E-state index contributed by atoms with van der Waals surface area (Å²) in [5.74, 6) is -2.21. The van der Waals surface area contributed by atoms with E-state index < -0.39 is 11.8 Å². The first-order valence-electron chi connectivity index (χ1n) is 8.46. The number of esters is 1. The van der Waals surface area contributed by atoms with Gasteiger partial charge >= 0.3 is 5.97 Å². The van der Waals surface area contributed by atoms with E-state index in [1.165, 1.54) is 6.07 Å². The number of cyclic esters (lactones) is 1. The Labute approximate surface area is 154 Å². The van der Waals surface area contributed by atoms with E-state index in [1.807, 2.05) is 35.8 Å². The van der Waals surface area contributed by atoms with Crippen LogP contribution in [0.15, 0.2) is 54.2 Å². The number of aryl methyl sites for hydroxylation is 1. The van der Waals surface area contributed by atoms with Crippen LogP contribution in [-0.4, -0.2) is 33.1 Å². The van der Waals surface area contributed by atoms with Gasteiger partial charge in [-0.1, -0.05) is 35.9 Å². The van der Waals surface area contributed by atoms with E-state index in [9.17, 15) is 19.8 Å². The molecule has 2 heterocycles. The van der Waals surface area contributed by atoms with Crippen LogP contribution in [0.5, 0.6) is 5.75 Å². The van der Waals surface area contributed by atoms with Crippen molar-refractivity contribution in [1.29, 1.82) is 0 Å². The molecule has 0 unspecified atom stereocenters. The number of ketones is 1. The van der Waals surface area contributed by atoms with Crippen molar-refractivity contribution >= 4 is 28.4 Å². The number of aromatic nitrogens is 1. The van der Waals surface area contributed by atoms with E-state index in [0.717, 1.165) is 11.1 Å². The fraction of sp³-hybridized carbons (Fsp3) is 0.143. The van der Waals surface area contributed by atoms with Gasteiger partial charge in [0.1, 0.15) is 18.1 Å². The van der Waals surface area contributed by atoms with Crippen molar-refractivity contribution in [3.8, 4) is 5.75 Å². The number of carbonyl (C=O) groups excluding carboxylic acids is 2. The average Bonchev–Trinajstić information content (AvgIpc) is 3.17. The van der Waals surface area contributed by atoms with E-state index in [0.29, 0.717) is 17.4 Å². The van der Waals surface area contributed by atoms with Crippen molar-refractivity contribution in [1.82, 2.24) is 4.57 Å². The van der Waals surface area contributed by atoms with Crippen molar-refractivity contribution in [2.75, 3.05) is 6.61 Å². The smallest absolute Gasteiger partial charge is 0.379 e. The van der Waals surface area contributed by atoms with Crippen LogP contribution < -0.4 is 0 Å². The number of aliphatic hydroxyl groups excluding tert-OH is 1. The summed E-state index contributed by atoms with van der Waals surface area (Å²) in [5.41, 5.74) is 3.08. The Morgan fingerprint density at radius 1 is 1.19 bits per heavy atom. The molecule has 1 aliphatic rings. The van der Waals surface area contributed by atoms with Crippen molar-refractivity contribution < 1.29 is 24.5 Å². The molecular weight excluding hydrogens is 346 g/mol. The highest BCUT2D eigenvalue weighted by Crippen LogP contribution is 2.35. The van der Waals surface area contributed by atoms with E-state index in [-0.39, 0.29) is 29.3 Å². The average molecular weight is 363 g/mol. The molecule has 1 saturated heterocycles. The highest BCUT2D eigenvalue weighted by Gasteiger charge is 2.33. The van der Waals surface area contributed by atoms with E-state index >= 15 is 0 Å². The van der Waals surface area contributed by atoms with Gasteiger partial charge in [-0.25, -0.2) is 4.79 Å². The number of rotatable bonds is 3. The van der Waals surface area contributed by atoms with Gasteiger partial charge in [-0.15, -0.1) is 0 Å². The highest BCUT2D eigenvalue weighted by atomic mass is 16.5. The van der Waals surface area contributed by atoms with Crippen LogP contribution in [0, 0.1) is 6.92 Å². The zero-order valence-electron chi connectivity index (χ0n) is 14.6. The largest absolute Gasteiger partial charge is 0.507 e. The number of benzene rings is 2. The Kier molecular flexibility index (Phi) is 3.96. The standard InChI is InChI=1S/C21H17NO5/c1-12-4-2-5-13(8-12)9-22-10-14(18-16(22)6-3-7-17(18)23)19(24)15-11-27-21(26)20(15)25/h2-8,10,23-24H,9,11H2,1H3/b19-15-. The van der Waals surface area contributed by atoms with E-state index in [1.54, 1.807) is 12.3 Å². The zero-order valence-corrected chi connectivity index (χ0v) is 14.6. The first kappa shape index (κ1) is 16.9. The minimum absolute atomic E-state index is 0.0182. The second-order valence-corrected chi connectivity index (χ2v) is 6.56. The van der Waals surface area contributed by atoms with Crippen LogP contribution in [0.25, 0.3) is 16.7 Å². The number of ether oxygens (including phenoxy) is 1. The first-order chi connectivity index (χ1) is 13.0. The molecule has 1 fully saturated rings. The molecule has 0 amide bonds. The minimum atomic E-state index is -0.982. The third-order valence-corrected chi connectivity index (χ3v) is 4.67. The molecule has 0 saturated carbocycles. The fourth-order valence-corrected chi connectivity index (χ4v) is 3.38. The van der Waals surface area contributed by atoms with E-state index in [4.69, 9.17) is 4.74 Å². The van der Waals surface area contributed by atoms with Crippen LogP contribution in [0.4, 0.5) is 0 Å². The second-order valence-electron chi connectivity index (χ2n) is 6.56. The number of phenols is 1. The molecule has 2 N–H and O–H groups in total. The molecular formula is C21H17NO5. The molecule has 136 valence electrons. The molecule has 6 heteroatoms. The molecule has 6 nitrogen and oxygen atoms in total. The molecule has 0 spiro atoms. The van der Waals surface area contributed by atoms with Gasteiger partial charge in [0.25, 0.3) is 5.78 Å². The first-order valence-corrected chi connectivity index (χ1v) is 8.46. The SMILES string of the molecule is Cc1cccc(Cn2cc(/C(O)=C3\COC(=O)C3=O)c3c(O)cccc32)c1. The quantitative estimate of drug-likeness (QED) is 0.323. The zero-order chi connectivity index (χ0) is 19.1. The normalized spacial score (nSPS) is 16.0. The Morgan fingerprint density at radius 2 is 1.96 bits per heavy atom. The van der Waals surface area contributed by atoms with Crippen LogP contribution in [0.1, 0.15) is 16.7 Å². The molecule has 0 bridgehead atoms. The summed E-state index contributed by atoms with van der Waals surface area (Å²) in [6.45, 7) is 2.25. The maximum atomic E-state index is 11.9. The van der Waals surface area contributed by atoms with E-state index in [2.05, 4.69) is 6.07 Å². The molecule has 27 heavy (non-hydrogen) atoms. The highest BCUT2D eigenvalue weighted by molar-refractivity contribution is 6.43. The molecule has 0 atom stereocenters. The third kappa shape index (κ3) is 2.85. The number of nitrogens with zero attached hydrogens (tertiary/aromatic N) is 1. The van der Waals surface area contributed by atoms with Gasteiger partial charge in [0.15, 0.2) is 0 Å². The summed E-state index contributed by atoms with van der Waals surface area (Å²) in [7, 11) is 0. The Hall–Kier alpha value is -3.54. The number of fused-ring (bicyclic) bond motifs is 1. The van der Waals surface area contributed by atoms with Gasteiger partial charge in [-0.2, -0.15) is 0 Å². The third-order valence-electron chi connectivity index (χ3n) is 4.67. The number of hydrogen-bond donors (Lipinski definition) is 2. The van der Waals surface area contributed by atoms with Crippen LogP contribution in [0.2, 0.25) is 0 Å². The summed E-state index contributed by atoms with van der Waals surface area (Å²) in [6.07, 6.45) is 1.67. The molecule has 3 aromatic rings. The second kappa shape index (κ2) is 6.32. The lowest BCUT2D eigenvalue weighted by atomic mass is 10.1. The number of phenolic OH excluding ortho intramolecular Hbond substituents is 1. The summed E-state index contributed by atoms with van der Waals surface area (Å²) >= 11 is 0. The molecule has 2 aromatic carbocycles. The predicted molar refractivity (Wildman–Crippen MR) is 99.4 cm³/mol. The lowest BCUT2D eigenvalue weighted by Crippen LogP contribution is -2.08. The van der Waals surface area contributed by atoms with Gasteiger partial charge in [0.05, 0.1) is 16.5 Å². The van der Waals surface area contributed by atoms with Crippen molar-refractivity contribution in [3.05, 3.63) is 70.9 Å². The lowest BCUT2D eigenvalue weighted by molar-refractivity contribution is -0.146. The number of aliphatic hydroxyl groups is 1. The summed E-state index contributed by atoms with van der Waals surface area (Å²) in [6, 6.07) is 13.1. The Morgan fingerprint density at radius 3 is 2.67 bits per heavy atom. The van der Waals surface area contributed by atoms with Crippen LogP contribution >= 0.6 is 0 Å². The number of carbonyl (C=O) groups is 2. The van der Waals surface area contributed by atoms with Crippen LogP contribution in [0.3, 0.4) is 0 Å². The monoisotopic (exact) mass is 363 g/mol. The number of Topliss-reactive ketones (excluding diaryl/α,β-unsaturated/α-hetero) is 1. The minimum Gasteiger partial charge on any atom is -0.507 e. The van der Waals surface area contributed by atoms with Crippen molar-refractivity contribution in [2.24, 2.45) is 0 Å². The Balaban J connectivity index is 1.88. The maximum Gasteiger partial charge on any atom is 0.379 e. The Bertz CT molecular complexity index is 1120. The van der Waals surface area contributed by atoms with Gasteiger partial charge < -0.3 is 19.5 Å². The lowest BCUT2D eigenvalue weighted by Gasteiger charge is -2.06. The topological polar surface area (TPSA) is 88.8 Å². The predicted octanol–water partition coefficient (Wildman–Crippen LogP) is 3.10. The number of hydrogen-bond acceptors (Lipinski definition) is 5. The van der Waals surface area contributed by atoms with Gasteiger partial charge in [-0.05, 0) is 24.6 Å². The van der Waals surface area contributed by atoms with Crippen LogP contribution in [-0.2, 0) is 20.9 Å². The molecule has 0 radical (unpaired) electrons. The molecule has 4 rings (SSSR count). The molecule has 1 aromatic heterocycles. The maximum absolute atomic E-state index is 11.9. The van der Waals surface area contributed by atoms with Crippen molar-refractivity contribution in [3.63, 3.8) is 0 Å².